The third kappa shape index (κ3) is 2.78. The zero-order valence-corrected chi connectivity index (χ0v) is 14.1. The van der Waals surface area contributed by atoms with E-state index in [-0.39, 0.29) is 11.8 Å². The van der Waals surface area contributed by atoms with E-state index in [9.17, 15) is 4.79 Å². The van der Waals surface area contributed by atoms with Gasteiger partial charge in [-0.05, 0) is 6.07 Å². The summed E-state index contributed by atoms with van der Waals surface area (Å²) in [5.41, 5.74) is 1.22. The van der Waals surface area contributed by atoms with Crippen LogP contribution < -0.4 is 0 Å². The van der Waals surface area contributed by atoms with E-state index >= 15 is 0 Å². The first-order valence-electron chi connectivity index (χ1n) is 8.30. The van der Waals surface area contributed by atoms with E-state index in [0.717, 1.165) is 10.9 Å². The molecular weight excluding hydrogens is 322 g/mol. The zero-order chi connectivity index (χ0) is 17.4. The third-order valence-electron chi connectivity index (χ3n) is 4.30. The Kier molecular flexibility index (Phi) is 3.96. The fourth-order valence-corrected chi connectivity index (χ4v) is 2.93. The minimum absolute atomic E-state index is 0.130. The molecule has 130 valence electrons. The summed E-state index contributed by atoms with van der Waals surface area (Å²) in [7, 11) is 0. The minimum Gasteiger partial charge on any atom is -0.423 e. The van der Waals surface area contributed by atoms with Crippen LogP contribution >= 0.6 is 0 Å². The first-order valence-corrected chi connectivity index (χ1v) is 8.30. The van der Waals surface area contributed by atoms with Gasteiger partial charge in [0.25, 0.3) is 5.91 Å². The summed E-state index contributed by atoms with van der Waals surface area (Å²) >= 11 is 0. The molecule has 1 aromatic carbocycles. The van der Waals surface area contributed by atoms with Crippen LogP contribution in [0.3, 0.4) is 0 Å². The lowest BCUT2D eigenvalue weighted by molar-refractivity contribution is -0.0109. The van der Waals surface area contributed by atoms with Crippen LogP contribution in [0.4, 0.5) is 0 Å². The quantitative estimate of drug-likeness (QED) is 0.785. The Morgan fingerprint density at radius 1 is 1.32 bits per heavy atom. The number of amides is 1. The van der Waals surface area contributed by atoms with Crippen LogP contribution in [0.5, 0.6) is 0 Å². The Labute approximate surface area is 144 Å². The van der Waals surface area contributed by atoms with Crippen molar-refractivity contribution in [3.05, 3.63) is 41.7 Å². The Hall–Kier alpha value is -2.74. The number of ether oxygens (including phenoxy) is 1. The fraction of sp³-hybridized carbons (Fsp3) is 0.412. The van der Waals surface area contributed by atoms with Crippen molar-refractivity contribution >= 4 is 16.8 Å². The number of benzene rings is 1. The molecule has 0 unspecified atom stereocenters. The SMILES string of the molecule is CC(C)c1nnc([C@@H]2COCCN2C(=O)c2n[nH]c3ccccc23)o1. The molecule has 1 aliphatic rings. The highest BCUT2D eigenvalue weighted by molar-refractivity contribution is 6.04. The van der Waals surface area contributed by atoms with Gasteiger partial charge in [0.15, 0.2) is 5.69 Å². The normalized spacial score (nSPS) is 18.2. The van der Waals surface area contributed by atoms with Crippen molar-refractivity contribution in [2.45, 2.75) is 25.8 Å². The summed E-state index contributed by atoms with van der Waals surface area (Å²) < 4.78 is 11.3. The first-order chi connectivity index (χ1) is 12.1. The van der Waals surface area contributed by atoms with E-state index in [2.05, 4.69) is 20.4 Å². The number of nitrogens with one attached hydrogen (secondary N) is 1. The Morgan fingerprint density at radius 2 is 2.16 bits per heavy atom. The second kappa shape index (κ2) is 6.29. The van der Waals surface area contributed by atoms with E-state index < -0.39 is 6.04 Å². The summed E-state index contributed by atoms with van der Waals surface area (Å²) in [4.78, 5) is 14.8. The largest absolute Gasteiger partial charge is 0.423 e. The van der Waals surface area contributed by atoms with Crippen molar-refractivity contribution in [2.75, 3.05) is 19.8 Å². The number of aromatic nitrogens is 4. The summed E-state index contributed by atoms with van der Waals surface area (Å²) in [6.45, 7) is 5.20. The first kappa shape index (κ1) is 15.8. The van der Waals surface area contributed by atoms with Crippen molar-refractivity contribution < 1.29 is 13.9 Å². The maximum absolute atomic E-state index is 13.1. The predicted octanol–water partition coefficient (Wildman–Crippen LogP) is 2.28. The molecule has 1 atom stereocenters. The van der Waals surface area contributed by atoms with Gasteiger partial charge in [0.2, 0.25) is 11.8 Å². The van der Waals surface area contributed by atoms with Crippen LogP contribution in [0.1, 0.15) is 48.1 Å². The van der Waals surface area contributed by atoms with Gasteiger partial charge in [-0.3, -0.25) is 9.89 Å². The van der Waals surface area contributed by atoms with Crippen molar-refractivity contribution in [1.29, 1.82) is 0 Å². The van der Waals surface area contributed by atoms with Crippen molar-refractivity contribution in [3.8, 4) is 0 Å². The van der Waals surface area contributed by atoms with Crippen molar-refractivity contribution in [1.82, 2.24) is 25.3 Å². The van der Waals surface area contributed by atoms with Crippen LogP contribution in [-0.4, -0.2) is 51.0 Å². The fourth-order valence-electron chi connectivity index (χ4n) is 2.93. The van der Waals surface area contributed by atoms with Crippen LogP contribution in [0.15, 0.2) is 28.7 Å². The number of fused-ring (bicyclic) bond motifs is 1. The van der Waals surface area contributed by atoms with E-state index in [1.807, 2.05) is 38.1 Å². The van der Waals surface area contributed by atoms with Crippen molar-refractivity contribution in [2.24, 2.45) is 0 Å². The number of rotatable bonds is 3. The van der Waals surface area contributed by atoms with Crippen LogP contribution in [0.25, 0.3) is 10.9 Å². The van der Waals surface area contributed by atoms with E-state index in [0.29, 0.717) is 37.2 Å². The molecule has 8 heteroatoms. The number of carbonyl (C=O) groups is 1. The van der Waals surface area contributed by atoms with Crippen LogP contribution in [-0.2, 0) is 4.74 Å². The number of morpholine rings is 1. The lowest BCUT2D eigenvalue weighted by atomic mass is 10.1. The molecule has 0 spiro atoms. The molecular formula is C17H19N5O3. The Morgan fingerprint density at radius 3 is 2.96 bits per heavy atom. The van der Waals surface area contributed by atoms with E-state index in [4.69, 9.17) is 9.15 Å². The molecule has 4 rings (SSSR count). The number of hydrogen-bond donors (Lipinski definition) is 1. The number of aromatic amines is 1. The average Bonchev–Trinajstić information content (AvgIpc) is 3.28. The predicted molar refractivity (Wildman–Crippen MR) is 89.1 cm³/mol. The number of hydrogen-bond acceptors (Lipinski definition) is 6. The highest BCUT2D eigenvalue weighted by atomic mass is 16.5. The number of para-hydroxylation sites is 1. The molecule has 1 aliphatic heterocycles. The Balaban J connectivity index is 1.67. The second-order valence-corrected chi connectivity index (χ2v) is 6.34. The third-order valence-corrected chi connectivity index (χ3v) is 4.30. The number of carbonyl (C=O) groups excluding carboxylic acids is 1. The molecule has 0 radical (unpaired) electrons. The molecule has 0 saturated carbocycles. The van der Waals surface area contributed by atoms with Gasteiger partial charge in [-0.1, -0.05) is 32.0 Å². The number of nitrogens with zero attached hydrogens (tertiary/aromatic N) is 4. The molecule has 2 aromatic heterocycles. The monoisotopic (exact) mass is 341 g/mol. The molecule has 0 aliphatic carbocycles. The second-order valence-electron chi connectivity index (χ2n) is 6.34. The minimum atomic E-state index is -0.406. The standard InChI is InChI=1S/C17H19N5O3/c1-10(2)15-20-21-16(25-15)13-9-24-8-7-22(13)17(23)14-11-5-3-4-6-12(11)18-19-14/h3-6,10,13H,7-9H2,1-2H3,(H,18,19)/t13-/m0/s1. The topological polar surface area (TPSA) is 97.1 Å². The summed E-state index contributed by atoms with van der Waals surface area (Å²) in [6, 6.07) is 7.15. The zero-order valence-electron chi connectivity index (χ0n) is 14.1. The van der Waals surface area contributed by atoms with Gasteiger partial charge < -0.3 is 14.1 Å². The van der Waals surface area contributed by atoms with Crippen LogP contribution in [0.2, 0.25) is 0 Å². The average molecular weight is 341 g/mol. The summed E-state index contributed by atoms with van der Waals surface area (Å²) in [5.74, 6) is 0.912. The molecule has 3 aromatic rings. The van der Waals surface area contributed by atoms with Crippen LogP contribution in [0, 0.1) is 0 Å². The van der Waals surface area contributed by atoms with Gasteiger partial charge in [0.05, 0.1) is 18.7 Å². The lowest BCUT2D eigenvalue weighted by Crippen LogP contribution is -2.43. The maximum atomic E-state index is 13.1. The van der Waals surface area contributed by atoms with Gasteiger partial charge in [0.1, 0.15) is 6.04 Å². The molecule has 1 saturated heterocycles. The molecule has 1 amide bonds. The van der Waals surface area contributed by atoms with Crippen molar-refractivity contribution in [3.63, 3.8) is 0 Å². The lowest BCUT2D eigenvalue weighted by Gasteiger charge is -2.32. The maximum Gasteiger partial charge on any atom is 0.275 e. The Bertz CT molecular complexity index is 900. The molecule has 25 heavy (non-hydrogen) atoms. The molecule has 3 heterocycles. The summed E-state index contributed by atoms with van der Waals surface area (Å²) in [5, 5.41) is 16.1. The van der Waals surface area contributed by atoms with Gasteiger partial charge in [-0.2, -0.15) is 5.10 Å². The molecule has 0 bridgehead atoms. The molecule has 1 fully saturated rings. The van der Waals surface area contributed by atoms with Gasteiger partial charge in [-0.25, -0.2) is 0 Å². The highest BCUT2D eigenvalue weighted by Crippen LogP contribution is 2.27. The molecule has 1 N–H and O–H groups in total. The smallest absolute Gasteiger partial charge is 0.275 e. The van der Waals surface area contributed by atoms with E-state index in [1.54, 1.807) is 4.90 Å². The highest BCUT2D eigenvalue weighted by Gasteiger charge is 2.35. The van der Waals surface area contributed by atoms with Gasteiger partial charge >= 0.3 is 0 Å². The van der Waals surface area contributed by atoms with Gasteiger partial charge in [0, 0.05) is 17.8 Å². The van der Waals surface area contributed by atoms with Gasteiger partial charge in [-0.15, -0.1) is 10.2 Å². The molecule has 8 nitrogen and oxygen atoms in total. The van der Waals surface area contributed by atoms with E-state index in [1.165, 1.54) is 0 Å². The number of H-pyrrole nitrogens is 1. The summed E-state index contributed by atoms with van der Waals surface area (Å²) in [6.07, 6.45) is 0.